The van der Waals surface area contributed by atoms with Gasteiger partial charge in [0.25, 0.3) is 0 Å². The minimum Gasteiger partial charge on any atom is -0.332 e. The van der Waals surface area contributed by atoms with E-state index in [0.29, 0.717) is 0 Å². The molecule has 0 rings (SSSR count). The number of rotatable bonds is 3. The molecule has 0 bridgehead atoms. The van der Waals surface area contributed by atoms with Crippen molar-refractivity contribution in [2.24, 2.45) is 5.73 Å². The summed E-state index contributed by atoms with van der Waals surface area (Å²) in [6.07, 6.45) is 1.76. The van der Waals surface area contributed by atoms with Crippen LogP contribution in [-0.2, 0) is 9.59 Å². The average molecular weight is 157 g/mol. The lowest BCUT2D eigenvalue weighted by molar-refractivity contribution is -0.131. The van der Waals surface area contributed by atoms with Gasteiger partial charge in [0.15, 0.2) is 0 Å². The van der Waals surface area contributed by atoms with Crippen LogP contribution in [0.5, 0.6) is 0 Å². The first kappa shape index (κ1) is 10.1. The summed E-state index contributed by atoms with van der Waals surface area (Å²) < 4.78 is 0. The van der Waals surface area contributed by atoms with Gasteiger partial charge in [-0.15, -0.1) is 0 Å². The van der Waals surface area contributed by atoms with Crippen molar-refractivity contribution in [3.8, 4) is 0 Å². The number of nitrogens with two attached hydrogens (primary N) is 1. The molecule has 0 unspecified atom stereocenters. The zero-order valence-electron chi connectivity index (χ0n) is 7.05. The topological polar surface area (TPSA) is 63.4 Å². The zero-order chi connectivity index (χ0) is 9.07. The van der Waals surface area contributed by atoms with Crippen LogP contribution in [0.2, 0.25) is 0 Å². The Morgan fingerprint density at radius 1 is 1.64 bits per heavy atom. The van der Waals surface area contributed by atoms with E-state index >= 15 is 0 Å². The summed E-state index contributed by atoms with van der Waals surface area (Å²) in [5.41, 5.74) is 4.22. The first-order valence-corrected chi connectivity index (χ1v) is 3.31. The predicted molar refractivity (Wildman–Crippen MR) is 41.6 cm³/mol. The van der Waals surface area contributed by atoms with Crippen LogP contribution in [0.4, 0.5) is 0 Å². The smallest absolute Gasteiger partial charge is 0.236 e. The van der Waals surface area contributed by atoms with Crippen molar-refractivity contribution in [2.45, 2.75) is 19.4 Å². The summed E-state index contributed by atoms with van der Waals surface area (Å²) in [5.74, 6) is -0.265. The van der Waals surface area contributed by atoms with Crippen LogP contribution in [0.25, 0.3) is 0 Å². The second kappa shape index (κ2) is 3.48. The van der Waals surface area contributed by atoms with E-state index in [1.165, 1.54) is 11.9 Å². The molecule has 0 heterocycles. The molecule has 0 aromatic heterocycles. The number of likely N-dealkylation sites (N-methyl/N-ethyl adjacent to an activating group) is 1. The van der Waals surface area contributed by atoms with Gasteiger partial charge in [-0.2, -0.15) is 0 Å². The summed E-state index contributed by atoms with van der Waals surface area (Å²) in [6, 6.07) is 0. The van der Waals surface area contributed by atoms with Gasteiger partial charge in [-0.25, -0.2) is 0 Å². The Hall–Kier alpha value is -0.900. The monoisotopic (exact) mass is 157 g/mol. The van der Waals surface area contributed by atoms with E-state index < -0.39 is 5.54 Å². The van der Waals surface area contributed by atoms with Crippen molar-refractivity contribution in [3.63, 3.8) is 0 Å². The van der Waals surface area contributed by atoms with Crippen LogP contribution in [0.1, 0.15) is 13.8 Å². The number of amides is 1. The molecule has 0 atom stereocenters. The lowest BCUT2D eigenvalue weighted by Gasteiger charge is -2.29. The maximum atomic E-state index is 10.9. The third-order valence-electron chi connectivity index (χ3n) is 1.64. The molecule has 4 nitrogen and oxygen atoms in total. The van der Waals surface area contributed by atoms with Crippen LogP contribution >= 0.6 is 0 Å². The van der Waals surface area contributed by atoms with Crippen LogP contribution < -0.4 is 5.73 Å². The molecule has 11 heavy (non-hydrogen) atoms. The molecule has 0 aromatic rings. The second-order valence-corrected chi connectivity index (χ2v) is 2.82. The van der Waals surface area contributed by atoms with Crippen molar-refractivity contribution in [2.75, 3.05) is 13.6 Å². The van der Waals surface area contributed by atoms with E-state index in [2.05, 4.69) is 0 Å². The quantitative estimate of drug-likeness (QED) is 0.588. The van der Waals surface area contributed by atoms with Crippen LogP contribution in [-0.4, -0.2) is 36.2 Å². The highest BCUT2D eigenvalue weighted by molar-refractivity contribution is 5.82. The Morgan fingerprint density at radius 3 is 2.36 bits per heavy atom. The molecule has 0 aliphatic heterocycles. The molecule has 0 fully saturated rings. The Morgan fingerprint density at radius 2 is 2.09 bits per heavy atom. The van der Waals surface area contributed by atoms with Crippen LogP contribution in [0.3, 0.4) is 0 Å². The third-order valence-corrected chi connectivity index (χ3v) is 1.64. The van der Waals surface area contributed by atoms with E-state index in [1.54, 1.807) is 20.1 Å². The Bertz CT molecular complexity index is 166. The largest absolute Gasteiger partial charge is 0.332 e. The number of nitrogens with zero attached hydrogens (tertiary/aromatic N) is 1. The molecule has 0 saturated carbocycles. The van der Waals surface area contributed by atoms with E-state index in [0.717, 1.165) is 0 Å². The average Bonchev–Trinajstić information content (AvgIpc) is 2.01. The predicted octanol–water partition coefficient (Wildman–Crippen LogP) is -0.708. The highest BCUT2D eigenvalue weighted by Crippen LogP contribution is 2.07. The SMILES string of the molecule is CN(C(=O)CN)C(C)(C)[C]=O. The van der Waals surface area contributed by atoms with Crippen molar-refractivity contribution in [3.05, 3.63) is 0 Å². The van der Waals surface area contributed by atoms with Gasteiger partial charge in [-0.3, -0.25) is 9.59 Å². The van der Waals surface area contributed by atoms with Gasteiger partial charge in [-0.1, -0.05) is 0 Å². The molecule has 2 N–H and O–H groups in total. The molecule has 4 heteroatoms. The molecule has 63 valence electrons. The van der Waals surface area contributed by atoms with Gasteiger partial charge < -0.3 is 10.6 Å². The van der Waals surface area contributed by atoms with Gasteiger partial charge in [0.1, 0.15) is 5.54 Å². The molecule has 0 aromatic carbocycles. The fraction of sp³-hybridized carbons (Fsp3) is 0.714. The summed E-state index contributed by atoms with van der Waals surface area (Å²) >= 11 is 0. The van der Waals surface area contributed by atoms with Crippen molar-refractivity contribution >= 4 is 12.2 Å². The van der Waals surface area contributed by atoms with E-state index in [4.69, 9.17) is 5.73 Å². The first-order valence-electron chi connectivity index (χ1n) is 3.31. The molecular weight excluding hydrogens is 144 g/mol. The summed E-state index contributed by atoms with van der Waals surface area (Å²) in [5, 5.41) is 0. The number of hydrogen-bond donors (Lipinski definition) is 1. The van der Waals surface area contributed by atoms with Crippen LogP contribution in [0.15, 0.2) is 0 Å². The standard InChI is InChI=1S/C7H13N2O2/c1-7(2,5-10)9(3)6(11)4-8/h4,8H2,1-3H3. The number of hydrogen-bond acceptors (Lipinski definition) is 3. The highest BCUT2D eigenvalue weighted by Gasteiger charge is 2.26. The molecule has 1 amide bonds. The maximum absolute atomic E-state index is 10.9. The van der Waals surface area contributed by atoms with Crippen molar-refractivity contribution in [1.82, 2.24) is 4.90 Å². The summed E-state index contributed by atoms with van der Waals surface area (Å²) in [4.78, 5) is 22.5. The maximum Gasteiger partial charge on any atom is 0.236 e. The minimum absolute atomic E-state index is 0.0817. The molecule has 1 radical (unpaired) electrons. The Labute approximate surface area is 66.4 Å². The molecule has 0 saturated heterocycles. The highest BCUT2D eigenvalue weighted by atomic mass is 16.2. The fourth-order valence-corrected chi connectivity index (χ4v) is 0.517. The lowest BCUT2D eigenvalue weighted by atomic mass is 10.1. The van der Waals surface area contributed by atoms with Gasteiger partial charge in [0.2, 0.25) is 12.2 Å². The Kier molecular flexibility index (Phi) is 3.19. The summed E-state index contributed by atoms with van der Waals surface area (Å²) in [6.45, 7) is 3.13. The lowest BCUT2D eigenvalue weighted by Crippen LogP contribution is -2.48. The number of carbonyl (C=O) groups excluding carboxylic acids is 2. The fourth-order valence-electron chi connectivity index (χ4n) is 0.517. The van der Waals surface area contributed by atoms with Crippen LogP contribution in [0, 0.1) is 0 Å². The van der Waals surface area contributed by atoms with E-state index in [1.807, 2.05) is 0 Å². The normalized spacial score (nSPS) is 10.9. The molecular formula is C7H13N2O2. The van der Waals surface area contributed by atoms with Gasteiger partial charge in [0.05, 0.1) is 6.54 Å². The molecule has 0 spiro atoms. The third kappa shape index (κ3) is 2.31. The summed E-state index contributed by atoms with van der Waals surface area (Å²) in [7, 11) is 1.53. The van der Waals surface area contributed by atoms with Gasteiger partial charge >= 0.3 is 0 Å². The minimum atomic E-state index is -0.879. The van der Waals surface area contributed by atoms with Crippen molar-refractivity contribution < 1.29 is 9.59 Å². The number of carbonyl (C=O) groups is 1. The van der Waals surface area contributed by atoms with Gasteiger partial charge in [-0.05, 0) is 13.8 Å². The second-order valence-electron chi connectivity index (χ2n) is 2.82. The zero-order valence-corrected chi connectivity index (χ0v) is 7.05. The molecule has 0 aliphatic carbocycles. The molecule has 0 aliphatic rings. The van der Waals surface area contributed by atoms with E-state index in [-0.39, 0.29) is 12.5 Å². The first-order chi connectivity index (χ1) is 4.95. The Balaban J connectivity index is 4.34. The van der Waals surface area contributed by atoms with Crippen molar-refractivity contribution in [1.29, 1.82) is 0 Å². The van der Waals surface area contributed by atoms with Gasteiger partial charge in [0, 0.05) is 7.05 Å². The van der Waals surface area contributed by atoms with E-state index in [9.17, 15) is 9.59 Å².